The van der Waals surface area contributed by atoms with Gasteiger partial charge in [0.2, 0.25) is 0 Å². The topological polar surface area (TPSA) is 38.3 Å². The third kappa shape index (κ3) is 4.80. The molecule has 2 rings (SSSR count). The van der Waals surface area contributed by atoms with Crippen molar-refractivity contribution in [3.05, 3.63) is 59.1 Å². The molecular weight excluding hydrogens is 286 g/mol. The Morgan fingerprint density at radius 3 is 2.29 bits per heavy atom. The molecule has 0 unspecified atom stereocenters. The number of amides is 1. The Balaban J connectivity index is 1.84. The summed E-state index contributed by atoms with van der Waals surface area (Å²) in [4.78, 5) is 11.8. The molecule has 0 bridgehead atoms. The van der Waals surface area contributed by atoms with E-state index in [0.29, 0.717) is 22.4 Å². The highest BCUT2D eigenvalue weighted by molar-refractivity contribution is 6.30. The van der Waals surface area contributed by atoms with Crippen molar-refractivity contribution in [1.29, 1.82) is 0 Å². The molecule has 0 aromatic heterocycles. The maximum atomic E-state index is 11.8. The third-order valence-corrected chi connectivity index (χ3v) is 3.30. The van der Waals surface area contributed by atoms with E-state index in [9.17, 15) is 4.79 Å². The van der Waals surface area contributed by atoms with Gasteiger partial charge in [-0.15, -0.1) is 0 Å². The normalized spacial score (nSPS) is 10.5. The smallest absolute Gasteiger partial charge is 0.262 e. The summed E-state index contributed by atoms with van der Waals surface area (Å²) >= 11 is 5.79. The van der Waals surface area contributed by atoms with Crippen molar-refractivity contribution < 1.29 is 9.53 Å². The predicted octanol–water partition coefficient (Wildman–Crippen LogP) is 4.48. The van der Waals surface area contributed by atoms with Crippen molar-refractivity contribution in [2.24, 2.45) is 0 Å². The van der Waals surface area contributed by atoms with Crippen LogP contribution in [-0.4, -0.2) is 12.5 Å². The minimum Gasteiger partial charge on any atom is -0.484 e. The Morgan fingerprint density at radius 2 is 1.71 bits per heavy atom. The second-order valence-corrected chi connectivity index (χ2v) is 5.50. The molecule has 0 atom stereocenters. The lowest BCUT2D eigenvalue weighted by Crippen LogP contribution is -2.20. The molecule has 0 aliphatic carbocycles. The fourth-order valence-electron chi connectivity index (χ4n) is 1.83. The van der Waals surface area contributed by atoms with Crippen molar-refractivity contribution in [2.45, 2.75) is 19.8 Å². The van der Waals surface area contributed by atoms with Gasteiger partial charge in [0.15, 0.2) is 6.61 Å². The van der Waals surface area contributed by atoms with Crippen LogP contribution < -0.4 is 10.1 Å². The number of rotatable bonds is 5. The number of hydrogen-bond acceptors (Lipinski definition) is 2. The number of anilines is 1. The first kappa shape index (κ1) is 15.4. The van der Waals surface area contributed by atoms with E-state index >= 15 is 0 Å². The first-order valence-corrected chi connectivity index (χ1v) is 7.20. The first-order valence-electron chi connectivity index (χ1n) is 6.83. The van der Waals surface area contributed by atoms with Gasteiger partial charge in [0.1, 0.15) is 5.75 Å². The number of benzene rings is 2. The van der Waals surface area contributed by atoms with Crippen molar-refractivity contribution in [3.63, 3.8) is 0 Å². The summed E-state index contributed by atoms with van der Waals surface area (Å²) in [6.45, 7) is 4.24. The van der Waals surface area contributed by atoms with Crippen LogP contribution in [0.15, 0.2) is 48.5 Å². The second-order valence-electron chi connectivity index (χ2n) is 5.07. The Morgan fingerprint density at radius 1 is 1.10 bits per heavy atom. The summed E-state index contributed by atoms with van der Waals surface area (Å²) in [5, 5.41) is 3.38. The number of ether oxygens (including phenoxy) is 1. The number of carbonyl (C=O) groups is 1. The van der Waals surface area contributed by atoms with E-state index in [2.05, 4.69) is 19.2 Å². The molecule has 1 N–H and O–H groups in total. The van der Waals surface area contributed by atoms with Crippen molar-refractivity contribution in [3.8, 4) is 5.75 Å². The average molecular weight is 304 g/mol. The molecule has 0 radical (unpaired) electrons. The molecule has 1 amide bonds. The maximum Gasteiger partial charge on any atom is 0.262 e. The van der Waals surface area contributed by atoms with Crippen LogP contribution in [0.5, 0.6) is 5.75 Å². The molecule has 0 fully saturated rings. The molecule has 3 nitrogen and oxygen atoms in total. The Kier molecular flexibility index (Phi) is 5.23. The summed E-state index contributed by atoms with van der Waals surface area (Å²) in [5.74, 6) is 0.961. The Hall–Kier alpha value is -2.00. The predicted molar refractivity (Wildman–Crippen MR) is 86.1 cm³/mol. The maximum absolute atomic E-state index is 11.8. The number of carbonyl (C=O) groups excluding carboxylic acids is 1. The monoisotopic (exact) mass is 303 g/mol. The first-order chi connectivity index (χ1) is 10.0. The molecule has 21 heavy (non-hydrogen) atoms. The van der Waals surface area contributed by atoms with Crippen LogP contribution in [0.25, 0.3) is 0 Å². The zero-order valence-corrected chi connectivity index (χ0v) is 12.9. The van der Waals surface area contributed by atoms with Gasteiger partial charge in [0.25, 0.3) is 5.91 Å². The van der Waals surface area contributed by atoms with Crippen LogP contribution in [0, 0.1) is 0 Å². The van der Waals surface area contributed by atoms with Gasteiger partial charge in [-0.05, 0) is 47.9 Å². The van der Waals surface area contributed by atoms with Crippen molar-refractivity contribution in [1.82, 2.24) is 0 Å². The fourth-order valence-corrected chi connectivity index (χ4v) is 1.95. The van der Waals surface area contributed by atoms with Crippen molar-refractivity contribution >= 4 is 23.2 Å². The molecule has 0 heterocycles. The summed E-state index contributed by atoms with van der Waals surface area (Å²) < 4.78 is 5.46. The molecule has 0 aliphatic rings. The average Bonchev–Trinajstić information content (AvgIpc) is 2.48. The van der Waals surface area contributed by atoms with Gasteiger partial charge < -0.3 is 10.1 Å². The summed E-state index contributed by atoms with van der Waals surface area (Å²) in [5.41, 5.74) is 1.94. The van der Waals surface area contributed by atoms with Gasteiger partial charge >= 0.3 is 0 Å². The lowest BCUT2D eigenvalue weighted by Gasteiger charge is -2.09. The van der Waals surface area contributed by atoms with Crippen LogP contribution in [0.2, 0.25) is 5.02 Å². The van der Waals surface area contributed by atoms with E-state index in [1.54, 1.807) is 24.3 Å². The minimum atomic E-state index is -0.203. The zero-order chi connectivity index (χ0) is 15.2. The van der Waals surface area contributed by atoms with E-state index in [1.807, 2.05) is 24.3 Å². The lowest BCUT2D eigenvalue weighted by atomic mass is 10.0. The summed E-state index contributed by atoms with van der Waals surface area (Å²) in [7, 11) is 0. The molecule has 110 valence electrons. The van der Waals surface area contributed by atoms with Gasteiger partial charge in [0, 0.05) is 10.7 Å². The third-order valence-electron chi connectivity index (χ3n) is 3.04. The summed E-state index contributed by atoms with van der Waals surface area (Å²) in [6, 6.07) is 14.7. The number of halogens is 1. The molecule has 2 aromatic rings. The molecule has 0 saturated carbocycles. The molecule has 0 saturated heterocycles. The van der Waals surface area contributed by atoms with E-state index in [-0.39, 0.29) is 12.5 Å². The number of hydrogen-bond donors (Lipinski definition) is 1. The van der Waals surface area contributed by atoms with Crippen LogP contribution in [0.4, 0.5) is 5.69 Å². The van der Waals surface area contributed by atoms with Gasteiger partial charge in [-0.3, -0.25) is 4.79 Å². The van der Waals surface area contributed by atoms with Gasteiger partial charge in [0.05, 0.1) is 0 Å². The van der Waals surface area contributed by atoms with Crippen LogP contribution in [0.1, 0.15) is 25.3 Å². The standard InChI is InChI=1S/C17H18ClNO2/c1-12(2)13-3-9-16(10-4-13)21-11-17(20)19-15-7-5-14(18)6-8-15/h3-10,12H,11H2,1-2H3,(H,19,20). The molecular formula is C17H18ClNO2. The van der Waals surface area contributed by atoms with E-state index < -0.39 is 0 Å². The van der Waals surface area contributed by atoms with Gasteiger partial charge in [-0.1, -0.05) is 37.6 Å². The quantitative estimate of drug-likeness (QED) is 0.884. The highest BCUT2D eigenvalue weighted by Gasteiger charge is 2.04. The molecule has 0 spiro atoms. The van der Waals surface area contributed by atoms with Gasteiger partial charge in [-0.25, -0.2) is 0 Å². The lowest BCUT2D eigenvalue weighted by molar-refractivity contribution is -0.118. The highest BCUT2D eigenvalue weighted by Crippen LogP contribution is 2.18. The van der Waals surface area contributed by atoms with E-state index in [0.717, 1.165) is 0 Å². The largest absolute Gasteiger partial charge is 0.484 e. The van der Waals surface area contributed by atoms with E-state index in [4.69, 9.17) is 16.3 Å². The van der Waals surface area contributed by atoms with Gasteiger partial charge in [-0.2, -0.15) is 0 Å². The van der Waals surface area contributed by atoms with Crippen LogP contribution in [-0.2, 0) is 4.79 Å². The molecule has 0 aliphatic heterocycles. The zero-order valence-electron chi connectivity index (χ0n) is 12.1. The van der Waals surface area contributed by atoms with E-state index in [1.165, 1.54) is 5.56 Å². The van der Waals surface area contributed by atoms with Crippen molar-refractivity contribution in [2.75, 3.05) is 11.9 Å². The Bertz CT molecular complexity index is 591. The Labute approximate surface area is 129 Å². The highest BCUT2D eigenvalue weighted by atomic mass is 35.5. The molecule has 2 aromatic carbocycles. The SMILES string of the molecule is CC(C)c1ccc(OCC(=O)Nc2ccc(Cl)cc2)cc1. The minimum absolute atomic E-state index is 0.0242. The van der Waals surface area contributed by atoms with Crippen LogP contribution >= 0.6 is 11.6 Å². The number of nitrogens with one attached hydrogen (secondary N) is 1. The van der Waals surface area contributed by atoms with Crippen LogP contribution in [0.3, 0.4) is 0 Å². The fraction of sp³-hybridized carbons (Fsp3) is 0.235. The second kappa shape index (κ2) is 7.14. The molecule has 4 heteroatoms. The summed E-state index contributed by atoms with van der Waals surface area (Å²) in [6.07, 6.45) is 0.